The summed E-state index contributed by atoms with van der Waals surface area (Å²) in [6, 6.07) is 12.3. The van der Waals surface area contributed by atoms with Gasteiger partial charge in [-0.2, -0.15) is 13.2 Å². The Morgan fingerprint density at radius 2 is 1.98 bits per heavy atom. The van der Waals surface area contributed by atoms with Crippen LogP contribution in [-0.2, 0) is 15.7 Å². The number of rotatable bonds is 6. The van der Waals surface area contributed by atoms with Crippen LogP contribution < -0.4 is 19.6 Å². The number of hydrogen-bond donors (Lipinski definition) is 0. The molecule has 1 aliphatic heterocycles. The minimum atomic E-state index is -4.49. The van der Waals surface area contributed by atoms with Crippen LogP contribution in [0.1, 0.15) is 36.8 Å². The molecule has 0 saturated carbocycles. The molecule has 0 fully saturated rings. The van der Waals surface area contributed by atoms with Crippen LogP contribution >= 0.6 is 27.3 Å². The van der Waals surface area contributed by atoms with Gasteiger partial charge >= 0.3 is 12.1 Å². The molecule has 1 atom stereocenters. The van der Waals surface area contributed by atoms with Gasteiger partial charge < -0.3 is 13.9 Å². The minimum absolute atomic E-state index is 0.145. The van der Waals surface area contributed by atoms with Crippen molar-refractivity contribution in [2.75, 3.05) is 13.7 Å². The fourth-order valence-electron chi connectivity index (χ4n) is 4.52. The summed E-state index contributed by atoms with van der Waals surface area (Å²) in [5, 5.41) is 0. The first-order valence-corrected chi connectivity index (χ1v) is 13.9. The number of halogens is 4. The van der Waals surface area contributed by atoms with Gasteiger partial charge in [-0.3, -0.25) is 9.36 Å². The van der Waals surface area contributed by atoms with Gasteiger partial charge in [-0.1, -0.05) is 29.5 Å². The van der Waals surface area contributed by atoms with Crippen molar-refractivity contribution in [1.82, 2.24) is 4.57 Å². The standard InChI is InChI=1S/C29H22BrF3N2O5S/c1-4-39-27(37)24-15(2)34-28-35(25(24)17-8-10-22(38-3)20(30)13-17)26(36)23(41-28)14-19-9-11-21(40-19)16-6-5-7-18(12-16)29(31,32)33/h5-14,25H,4H2,1-3H3/b23-14+. The lowest BCUT2D eigenvalue weighted by Crippen LogP contribution is -2.39. The SMILES string of the molecule is CCOC(=O)C1=C(C)N=c2s/c(=C/c3ccc(-c4cccc(C(F)(F)F)c4)o3)c(=O)n2C1c1ccc(OC)c(Br)c1. The molecule has 2 aromatic carbocycles. The number of fused-ring (bicyclic) bond motifs is 1. The Morgan fingerprint density at radius 3 is 2.66 bits per heavy atom. The number of esters is 1. The van der Waals surface area contributed by atoms with E-state index in [2.05, 4.69) is 20.9 Å². The largest absolute Gasteiger partial charge is 0.496 e. The Labute approximate surface area is 244 Å². The third kappa shape index (κ3) is 5.53. The van der Waals surface area contributed by atoms with Crippen LogP contribution in [0.5, 0.6) is 5.75 Å². The van der Waals surface area contributed by atoms with Crippen molar-refractivity contribution in [1.29, 1.82) is 0 Å². The van der Waals surface area contributed by atoms with E-state index in [0.717, 1.165) is 23.5 Å². The van der Waals surface area contributed by atoms with E-state index in [1.165, 1.54) is 29.9 Å². The van der Waals surface area contributed by atoms with E-state index in [1.54, 1.807) is 44.2 Å². The molecule has 41 heavy (non-hydrogen) atoms. The first-order valence-electron chi connectivity index (χ1n) is 12.3. The number of furan rings is 1. The van der Waals surface area contributed by atoms with Gasteiger partial charge in [0.1, 0.15) is 17.3 Å². The first kappa shape index (κ1) is 28.6. The lowest BCUT2D eigenvalue weighted by atomic mass is 9.96. The van der Waals surface area contributed by atoms with Gasteiger partial charge in [0, 0.05) is 11.6 Å². The highest BCUT2D eigenvalue weighted by atomic mass is 79.9. The highest BCUT2D eigenvalue weighted by Crippen LogP contribution is 2.35. The third-order valence-corrected chi connectivity index (χ3v) is 7.99. The average molecular weight is 647 g/mol. The molecule has 0 N–H and O–H groups in total. The summed E-state index contributed by atoms with van der Waals surface area (Å²) in [6.07, 6.45) is -2.98. The van der Waals surface area contributed by atoms with Crippen molar-refractivity contribution < 1.29 is 31.9 Å². The molecule has 0 radical (unpaired) electrons. The highest BCUT2D eigenvalue weighted by molar-refractivity contribution is 9.10. The minimum Gasteiger partial charge on any atom is -0.496 e. The Morgan fingerprint density at radius 1 is 1.20 bits per heavy atom. The molecule has 3 heterocycles. The zero-order valence-electron chi connectivity index (χ0n) is 21.9. The van der Waals surface area contributed by atoms with E-state index in [9.17, 15) is 22.8 Å². The van der Waals surface area contributed by atoms with Crippen LogP contribution in [-0.4, -0.2) is 24.3 Å². The van der Waals surface area contributed by atoms with E-state index in [0.29, 0.717) is 26.3 Å². The van der Waals surface area contributed by atoms with Gasteiger partial charge in [0.25, 0.3) is 5.56 Å². The Bertz CT molecular complexity index is 1870. The predicted octanol–water partition coefficient (Wildman–Crippen LogP) is 5.85. The zero-order chi connectivity index (χ0) is 29.5. The molecule has 4 aromatic rings. The Balaban J connectivity index is 1.62. The number of aromatic nitrogens is 1. The molecule has 2 aromatic heterocycles. The molecule has 0 saturated heterocycles. The smallest absolute Gasteiger partial charge is 0.416 e. The summed E-state index contributed by atoms with van der Waals surface area (Å²) in [5.74, 6) is 0.481. The second kappa shape index (κ2) is 11.2. The van der Waals surface area contributed by atoms with Crippen molar-refractivity contribution >= 4 is 39.3 Å². The van der Waals surface area contributed by atoms with E-state index >= 15 is 0 Å². The summed E-state index contributed by atoms with van der Waals surface area (Å²) in [7, 11) is 1.53. The molecule has 1 unspecified atom stereocenters. The lowest BCUT2D eigenvalue weighted by molar-refractivity contribution is -0.139. The summed E-state index contributed by atoms with van der Waals surface area (Å²) in [4.78, 5) is 31.7. The van der Waals surface area contributed by atoms with Crippen LogP contribution in [0.15, 0.2) is 84.5 Å². The molecule has 7 nitrogen and oxygen atoms in total. The molecule has 12 heteroatoms. The van der Waals surface area contributed by atoms with Crippen molar-refractivity contribution in [2.45, 2.75) is 26.1 Å². The maximum Gasteiger partial charge on any atom is 0.416 e. The molecular formula is C29H22BrF3N2O5S. The van der Waals surface area contributed by atoms with E-state index in [-0.39, 0.29) is 33.8 Å². The summed E-state index contributed by atoms with van der Waals surface area (Å²) < 4.78 is 58.3. The maximum atomic E-state index is 13.8. The number of nitrogens with zero attached hydrogens (tertiary/aromatic N) is 2. The second-order valence-electron chi connectivity index (χ2n) is 8.98. The monoisotopic (exact) mass is 646 g/mol. The average Bonchev–Trinajstić information content (AvgIpc) is 3.52. The van der Waals surface area contributed by atoms with E-state index in [1.807, 2.05) is 0 Å². The number of alkyl halides is 3. The van der Waals surface area contributed by atoms with Crippen LogP contribution in [0.2, 0.25) is 0 Å². The topological polar surface area (TPSA) is 83.0 Å². The summed E-state index contributed by atoms with van der Waals surface area (Å²) in [6.45, 7) is 3.52. The van der Waals surface area contributed by atoms with Crippen LogP contribution in [0.3, 0.4) is 0 Å². The van der Waals surface area contributed by atoms with E-state index < -0.39 is 29.3 Å². The Kier molecular flexibility index (Phi) is 7.80. The molecule has 0 amide bonds. The molecular weight excluding hydrogens is 625 g/mol. The second-order valence-corrected chi connectivity index (χ2v) is 10.8. The molecule has 0 bridgehead atoms. The molecule has 0 aliphatic carbocycles. The normalized spacial score (nSPS) is 15.5. The number of ether oxygens (including phenoxy) is 2. The van der Waals surface area contributed by atoms with Gasteiger partial charge in [-0.25, -0.2) is 9.79 Å². The lowest BCUT2D eigenvalue weighted by Gasteiger charge is -2.25. The number of thiazole rings is 1. The first-order chi connectivity index (χ1) is 19.5. The number of carbonyl (C=O) groups is 1. The molecule has 212 valence electrons. The van der Waals surface area contributed by atoms with Crippen molar-refractivity contribution in [3.8, 4) is 17.1 Å². The number of methoxy groups -OCH3 is 1. The molecule has 5 rings (SSSR count). The van der Waals surface area contributed by atoms with Crippen LogP contribution in [0.4, 0.5) is 13.2 Å². The van der Waals surface area contributed by atoms with E-state index in [4.69, 9.17) is 13.9 Å². The number of hydrogen-bond acceptors (Lipinski definition) is 7. The van der Waals surface area contributed by atoms with Crippen LogP contribution in [0, 0.1) is 0 Å². The molecule has 1 aliphatic rings. The van der Waals surface area contributed by atoms with Gasteiger partial charge in [-0.15, -0.1) is 0 Å². The quantitative estimate of drug-likeness (QED) is 0.246. The van der Waals surface area contributed by atoms with Crippen molar-refractivity contribution in [3.63, 3.8) is 0 Å². The Hall–Kier alpha value is -3.90. The predicted molar refractivity (Wildman–Crippen MR) is 150 cm³/mol. The van der Waals surface area contributed by atoms with Gasteiger partial charge in [0.05, 0.1) is 45.6 Å². The fraction of sp³-hybridized carbons (Fsp3) is 0.207. The van der Waals surface area contributed by atoms with Crippen molar-refractivity contribution in [2.24, 2.45) is 4.99 Å². The van der Waals surface area contributed by atoms with Gasteiger partial charge in [0.2, 0.25) is 0 Å². The van der Waals surface area contributed by atoms with Crippen LogP contribution in [0.25, 0.3) is 17.4 Å². The summed E-state index contributed by atoms with van der Waals surface area (Å²) in [5.41, 5.74) is 0.315. The van der Waals surface area contributed by atoms with Gasteiger partial charge in [-0.05, 0) is 71.7 Å². The number of allylic oxidation sites excluding steroid dienone is 1. The van der Waals surface area contributed by atoms with Gasteiger partial charge in [0.15, 0.2) is 4.80 Å². The third-order valence-electron chi connectivity index (χ3n) is 6.38. The summed E-state index contributed by atoms with van der Waals surface area (Å²) >= 11 is 4.58. The molecule has 0 spiro atoms. The van der Waals surface area contributed by atoms with Crippen molar-refractivity contribution in [3.05, 3.63) is 107 Å². The number of benzene rings is 2. The zero-order valence-corrected chi connectivity index (χ0v) is 24.3. The number of carbonyl (C=O) groups excluding carboxylic acids is 1. The maximum absolute atomic E-state index is 13.8. The fourth-order valence-corrected chi connectivity index (χ4v) is 6.11. The highest BCUT2D eigenvalue weighted by Gasteiger charge is 2.34.